The first-order chi connectivity index (χ1) is 12.6. The minimum atomic E-state index is -0.622. The van der Waals surface area contributed by atoms with Crippen molar-refractivity contribution in [1.82, 2.24) is 10.2 Å². The number of carbonyl (C=O) groups is 3. The maximum atomic E-state index is 12.4. The average molecular weight is 440 g/mol. The molecule has 7 nitrogen and oxygen atoms in total. The number of nitrogens with zero attached hydrogens (tertiary/aromatic N) is 1. The monoisotopic (exact) mass is 439 g/mol. The van der Waals surface area contributed by atoms with Crippen LogP contribution in [0, 0.1) is 6.92 Å². The molecule has 2 N–H and O–H groups in total. The van der Waals surface area contributed by atoms with Crippen LogP contribution in [-0.4, -0.2) is 47.5 Å². The molecule has 1 aliphatic heterocycles. The van der Waals surface area contributed by atoms with E-state index in [0.717, 1.165) is 16.5 Å². The van der Waals surface area contributed by atoms with Crippen molar-refractivity contribution < 1.29 is 19.1 Å². The molecule has 0 spiro atoms. The minimum Gasteiger partial charge on any atom is -0.444 e. The van der Waals surface area contributed by atoms with Gasteiger partial charge in [-0.2, -0.15) is 0 Å². The van der Waals surface area contributed by atoms with Crippen LogP contribution < -0.4 is 10.6 Å². The summed E-state index contributed by atoms with van der Waals surface area (Å²) >= 11 is 3.37. The molecule has 1 heterocycles. The predicted octanol–water partition coefficient (Wildman–Crippen LogP) is 3.21. The predicted molar refractivity (Wildman–Crippen MR) is 106 cm³/mol. The van der Waals surface area contributed by atoms with Crippen LogP contribution in [0.1, 0.15) is 39.2 Å². The zero-order valence-corrected chi connectivity index (χ0v) is 17.7. The van der Waals surface area contributed by atoms with Gasteiger partial charge in [0.2, 0.25) is 11.8 Å². The van der Waals surface area contributed by atoms with Crippen LogP contribution in [0.4, 0.5) is 10.5 Å². The zero-order chi connectivity index (χ0) is 20.2. The van der Waals surface area contributed by atoms with Crippen LogP contribution >= 0.6 is 15.9 Å². The summed E-state index contributed by atoms with van der Waals surface area (Å²) in [5.41, 5.74) is 0.980. The number of likely N-dealkylation sites (tertiary alicyclic amines) is 1. The van der Waals surface area contributed by atoms with E-state index in [4.69, 9.17) is 4.74 Å². The number of amides is 3. The molecule has 1 atom stereocenters. The van der Waals surface area contributed by atoms with E-state index in [2.05, 4.69) is 26.6 Å². The number of halogens is 1. The van der Waals surface area contributed by atoms with E-state index in [1.54, 1.807) is 26.8 Å². The lowest BCUT2D eigenvalue weighted by Crippen LogP contribution is -2.48. The molecule has 0 aliphatic carbocycles. The van der Waals surface area contributed by atoms with Crippen molar-refractivity contribution in [3.8, 4) is 0 Å². The van der Waals surface area contributed by atoms with Gasteiger partial charge >= 0.3 is 6.09 Å². The molecule has 3 amide bonds. The summed E-state index contributed by atoms with van der Waals surface area (Å²) in [4.78, 5) is 38.3. The second kappa shape index (κ2) is 8.73. The Morgan fingerprint density at radius 3 is 2.63 bits per heavy atom. The molecule has 1 aromatic carbocycles. The highest BCUT2D eigenvalue weighted by Crippen LogP contribution is 2.21. The highest BCUT2D eigenvalue weighted by atomic mass is 79.9. The summed E-state index contributed by atoms with van der Waals surface area (Å²) in [7, 11) is 0. The largest absolute Gasteiger partial charge is 0.444 e. The third-order valence-electron chi connectivity index (χ3n) is 4.07. The second-order valence-electron chi connectivity index (χ2n) is 7.56. The summed E-state index contributed by atoms with van der Waals surface area (Å²) in [6, 6.07) is 4.91. The van der Waals surface area contributed by atoms with E-state index in [1.165, 1.54) is 4.90 Å². The Morgan fingerprint density at radius 1 is 1.30 bits per heavy atom. The maximum Gasteiger partial charge on any atom is 0.410 e. The Balaban J connectivity index is 1.88. The van der Waals surface area contributed by atoms with Crippen LogP contribution in [0.5, 0.6) is 0 Å². The molecule has 1 saturated heterocycles. The summed E-state index contributed by atoms with van der Waals surface area (Å²) in [6.45, 7) is 7.54. The normalized spacial score (nSPS) is 16.8. The van der Waals surface area contributed by atoms with E-state index >= 15 is 0 Å². The molecule has 1 aliphatic rings. The first-order valence-corrected chi connectivity index (χ1v) is 9.69. The van der Waals surface area contributed by atoms with Gasteiger partial charge in [-0.05, 0) is 64.3 Å². The van der Waals surface area contributed by atoms with Crippen molar-refractivity contribution in [2.24, 2.45) is 0 Å². The molecule has 1 aromatic rings. The fraction of sp³-hybridized carbons (Fsp3) is 0.526. The summed E-state index contributed by atoms with van der Waals surface area (Å²) in [5.74, 6) is -0.670. The molecule has 148 valence electrons. The molecule has 27 heavy (non-hydrogen) atoms. The number of anilines is 1. The van der Waals surface area contributed by atoms with Crippen molar-refractivity contribution in [1.29, 1.82) is 0 Å². The summed E-state index contributed by atoms with van der Waals surface area (Å²) < 4.78 is 6.28. The number of rotatable bonds is 4. The van der Waals surface area contributed by atoms with Crippen LogP contribution in [-0.2, 0) is 14.3 Å². The maximum absolute atomic E-state index is 12.4. The number of carbonyl (C=O) groups excluding carboxylic acids is 3. The van der Waals surface area contributed by atoms with Crippen LogP contribution in [0.25, 0.3) is 0 Å². The Kier molecular flexibility index (Phi) is 6.86. The van der Waals surface area contributed by atoms with Crippen LogP contribution in [0.2, 0.25) is 0 Å². The van der Waals surface area contributed by atoms with Gasteiger partial charge in [-0.3, -0.25) is 14.5 Å². The summed E-state index contributed by atoms with van der Waals surface area (Å²) in [5, 5.41) is 5.38. The lowest BCUT2D eigenvalue weighted by molar-refractivity contribution is -0.127. The Morgan fingerprint density at radius 2 is 2.00 bits per heavy atom. The topological polar surface area (TPSA) is 87.7 Å². The number of nitrogens with one attached hydrogen (secondary N) is 2. The van der Waals surface area contributed by atoms with Gasteiger partial charge < -0.3 is 15.4 Å². The van der Waals surface area contributed by atoms with Gasteiger partial charge in [-0.1, -0.05) is 15.9 Å². The van der Waals surface area contributed by atoms with E-state index in [1.807, 2.05) is 19.1 Å². The molecule has 0 bridgehead atoms. The quantitative estimate of drug-likeness (QED) is 0.753. The Bertz CT molecular complexity index is 730. The molecule has 0 unspecified atom stereocenters. The minimum absolute atomic E-state index is 0.160. The number of ether oxygens (including phenoxy) is 1. The van der Waals surface area contributed by atoms with Gasteiger partial charge in [0.25, 0.3) is 0 Å². The van der Waals surface area contributed by atoms with Gasteiger partial charge in [0.05, 0.1) is 6.54 Å². The SMILES string of the molecule is Cc1cc(Br)ccc1NC(=O)CNC(=O)[C@H]1CCCN1C(=O)OC(C)(C)C. The molecular formula is C19H26BrN3O4. The van der Waals surface area contributed by atoms with Gasteiger partial charge in [-0.25, -0.2) is 4.79 Å². The first-order valence-electron chi connectivity index (χ1n) is 8.90. The van der Waals surface area contributed by atoms with E-state index < -0.39 is 17.7 Å². The number of hydrogen-bond donors (Lipinski definition) is 2. The fourth-order valence-corrected chi connectivity index (χ4v) is 3.30. The molecule has 1 fully saturated rings. The zero-order valence-electron chi connectivity index (χ0n) is 16.1. The third kappa shape index (κ3) is 6.23. The number of hydrogen-bond acceptors (Lipinski definition) is 4. The smallest absolute Gasteiger partial charge is 0.410 e. The van der Waals surface area contributed by atoms with Gasteiger partial charge in [0, 0.05) is 16.7 Å². The van der Waals surface area contributed by atoms with Crippen molar-refractivity contribution in [2.45, 2.75) is 52.2 Å². The van der Waals surface area contributed by atoms with Gasteiger partial charge in [0.15, 0.2) is 0 Å². The van der Waals surface area contributed by atoms with Crippen LogP contribution in [0.15, 0.2) is 22.7 Å². The first kappa shape index (κ1) is 21.2. The molecule has 0 saturated carbocycles. The lowest BCUT2D eigenvalue weighted by atomic mass is 10.2. The Labute approximate surface area is 167 Å². The average Bonchev–Trinajstić information content (AvgIpc) is 3.03. The molecule has 0 radical (unpaired) electrons. The van der Waals surface area contributed by atoms with Crippen LogP contribution in [0.3, 0.4) is 0 Å². The highest BCUT2D eigenvalue weighted by Gasteiger charge is 2.36. The van der Waals surface area contributed by atoms with Crippen molar-refractivity contribution in [3.63, 3.8) is 0 Å². The highest BCUT2D eigenvalue weighted by molar-refractivity contribution is 9.10. The van der Waals surface area contributed by atoms with E-state index in [0.29, 0.717) is 18.7 Å². The van der Waals surface area contributed by atoms with Gasteiger partial charge in [-0.15, -0.1) is 0 Å². The number of aryl methyl sites for hydroxylation is 1. The van der Waals surface area contributed by atoms with E-state index in [9.17, 15) is 14.4 Å². The van der Waals surface area contributed by atoms with Gasteiger partial charge in [0.1, 0.15) is 11.6 Å². The molecule has 2 rings (SSSR count). The van der Waals surface area contributed by atoms with E-state index in [-0.39, 0.29) is 18.4 Å². The van der Waals surface area contributed by atoms with Crippen molar-refractivity contribution in [2.75, 3.05) is 18.4 Å². The standard InChI is InChI=1S/C19H26BrN3O4/c1-12-10-13(20)7-8-14(12)22-16(24)11-21-17(25)15-6-5-9-23(15)18(26)27-19(2,3)4/h7-8,10,15H,5-6,9,11H2,1-4H3,(H,21,25)(H,22,24)/t15-/m1/s1. The molecular weight excluding hydrogens is 414 g/mol. The Hall–Kier alpha value is -2.09. The summed E-state index contributed by atoms with van der Waals surface area (Å²) in [6.07, 6.45) is 0.773. The van der Waals surface area contributed by atoms with Crippen molar-refractivity contribution >= 4 is 39.5 Å². The van der Waals surface area contributed by atoms with Crippen molar-refractivity contribution in [3.05, 3.63) is 28.2 Å². The number of benzene rings is 1. The molecule has 0 aromatic heterocycles. The fourth-order valence-electron chi connectivity index (χ4n) is 2.83. The molecule has 8 heteroatoms. The third-order valence-corrected chi connectivity index (χ3v) is 4.56. The lowest BCUT2D eigenvalue weighted by Gasteiger charge is -2.28. The second-order valence-corrected chi connectivity index (χ2v) is 8.47.